The summed E-state index contributed by atoms with van der Waals surface area (Å²) in [4.78, 5) is 15.5. The highest BCUT2D eigenvalue weighted by molar-refractivity contribution is 9.10. The summed E-state index contributed by atoms with van der Waals surface area (Å²) in [5.74, 6) is 0.629. The molecule has 2 aromatic rings. The van der Waals surface area contributed by atoms with Crippen molar-refractivity contribution in [3.05, 3.63) is 52.2 Å². The van der Waals surface area contributed by atoms with Crippen molar-refractivity contribution in [3.8, 4) is 5.75 Å². The highest BCUT2D eigenvalue weighted by atomic mass is 79.9. The monoisotopic (exact) mass is 383 g/mol. The van der Waals surface area contributed by atoms with Crippen LogP contribution in [0.25, 0.3) is 0 Å². The van der Waals surface area contributed by atoms with Crippen molar-refractivity contribution in [1.82, 2.24) is 10.3 Å². The van der Waals surface area contributed by atoms with Crippen molar-refractivity contribution in [2.45, 2.75) is 6.42 Å². The first-order valence-electron chi connectivity index (χ1n) is 6.68. The van der Waals surface area contributed by atoms with Gasteiger partial charge in [-0.15, -0.1) is 0 Å². The molecular formula is C15H15BrClN3O2. The Balaban J connectivity index is 1.64. The van der Waals surface area contributed by atoms with Crippen LogP contribution < -0.4 is 15.4 Å². The maximum atomic E-state index is 11.6. The number of halogens is 2. The summed E-state index contributed by atoms with van der Waals surface area (Å²) < 4.78 is 6.46. The highest BCUT2D eigenvalue weighted by Gasteiger charge is 2.03. The number of hydrogen-bond donors (Lipinski definition) is 2. The van der Waals surface area contributed by atoms with Gasteiger partial charge in [-0.05, 0) is 36.8 Å². The molecule has 7 heteroatoms. The number of pyridine rings is 1. The zero-order chi connectivity index (χ0) is 15.8. The van der Waals surface area contributed by atoms with Gasteiger partial charge >= 0.3 is 6.03 Å². The van der Waals surface area contributed by atoms with Gasteiger partial charge in [0.25, 0.3) is 0 Å². The van der Waals surface area contributed by atoms with Gasteiger partial charge in [-0.3, -0.25) is 4.98 Å². The van der Waals surface area contributed by atoms with E-state index in [1.807, 2.05) is 6.07 Å². The molecule has 2 rings (SSSR count). The molecule has 0 fully saturated rings. The summed E-state index contributed by atoms with van der Waals surface area (Å²) in [6, 6.07) is 8.69. The van der Waals surface area contributed by atoms with Crippen LogP contribution in [0, 0.1) is 0 Å². The van der Waals surface area contributed by atoms with Gasteiger partial charge in [0.1, 0.15) is 5.75 Å². The molecule has 2 amide bonds. The summed E-state index contributed by atoms with van der Waals surface area (Å²) in [5, 5.41) is 5.98. The van der Waals surface area contributed by atoms with E-state index in [9.17, 15) is 4.79 Å². The molecule has 0 bridgehead atoms. The van der Waals surface area contributed by atoms with Crippen LogP contribution in [0.4, 0.5) is 10.5 Å². The topological polar surface area (TPSA) is 63.2 Å². The van der Waals surface area contributed by atoms with Crippen molar-refractivity contribution in [3.63, 3.8) is 0 Å². The molecule has 0 aliphatic rings. The number of nitrogens with one attached hydrogen (secondary N) is 2. The van der Waals surface area contributed by atoms with Crippen LogP contribution in [0.2, 0.25) is 5.02 Å². The Hall–Kier alpha value is -1.79. The summed E-state index contributed by atoms with van der Waals surface area (Å²) in [7, 11) is 0. The summed E-state index contributed by atoms with van der Waals surface area (Å²) in [5.41, 5.74) is 0.651. The predicted molar refractivity (Wildman–Crippen MR) is 90.5 cm³/mol. The molecular weight excluding hydrogens is 370 g/mol. The Kier molecular flexibility index (Phi) is 6.48. The van der Waals surface area contributed by atoms with Crippen LogP contribution in [-0.2, 0) is 0 Å². The smallest absolute Gasteiger partial charge is 0.319 e. The first kappa shape index (κ1) is 16.6. The largest absolute Gasteiger partial charge is 0.492 e. The van der Waals surface area contributed by atoms with Crippen LogP contribution in [-0.4, -0.2) is 24.2 Å². The average Bonchev–Trinajstić information content (AvgIpc) is 2.50. The molecule has 0 radical (unpaired) electrons. The van der Waals surface area contributed by atoms with Gasteiger partial charge in [0.15, 0.2) is 0 Å². The van der Waals surface area contributed by atoms with Crippen LogP contribution in [0.15, 0.2) is 47.2 Å². The van der Waals surface area contributed by atoms with Crippen LogP contribution in [0.1, 0.15) is 6.42 Å². The van der Waals surface area contributed by atoms with E-state index in [-0.39, 0.29) is 6.03 Å². The minimum atomic E-state index is -0.269. The number of benzene rings is 1. The van der Waals surface area contributed by atoms with Gasteiger partial charge in [-0.2, -0.15) is 0 Å². The second-order valence-electron chi connectivity index (χ2n) is 4.40. The highest BCUT2D eigenvalue weighted by Crippen LogP contribution is 2.27. The fourth-order valence-corrected chi connectivity index (χ4v) is 2.39. The van der Waals surface area contributed by atoms with E-state index in [1.54, 1.807) is 36.7 Å². The summed E-state index contributed by atoms with van der Waals surface area (Å²) in [6.45, 7) is 0.967. The number of carbonyl (C=O) groups excluding carboxylic acids is 1. The number of aromatic nitrogens is 1. The second-order valence-corrected chi connectivity index (χ2v) is 5.72. The molecule has 5 nitrogen and oxygen atoms in total. The fraction of sp³-hybridized carbons (Fsp3) is 0.200. The number of ether oxygens (including phenoxy) is 1. The standard InChI is InChI=1S/C15H15BrClN3O2/c16-11-4-5-14(13(17)9-11)22-8-2-7-19-15(21)20-12-3-1-6-18-10-12/h1,3-6,9-10H,2,7-8H2,(H2,19,20,21). The molecule has 1 heterocycles. The second kappa shape index (κ2) is 8.60. The lowest BCUT2D eigenvalue weighted by Crippen LogP contribution is -2.30. The number of anilines is 1. The summed E-state index contributed by atoms with van der Waals surface area (Å²) in [6.07, 6.45) is 3.90. The third-order valence-corrected chi connectivity index (χ3v) is 3.47. The maximum Gasteiger partial charge on any atom is 0.319 e. The van der Waals surface area contributed by atoms with Crippen LogP contribution in [0.3, 0.4) is 0 Å². The van der Waals surface area contributed by atoms with Gasteiger partial charge in [-0.1, -0.05) is 27.5 Å². The van der Waals surface area contributed by atoms with E-state index in [4.69, 9.17) is 16.3 Å². The molecule has 116 valence electrons. The molecule has 22 heavy (non-hydrogen) atoms. The Morgan fingerprint density at radius 1 is 1.36 bits per heavy atom. The van der Waals surface area contributed by atoms with Gasteiger partial charge < -0.3 is 15.4 Å². The lowest BCUT2D eigenvalue weighted by Gasteiger charge is -2.09. The molecule has 0 aliphatic carbocycles. The third kappa shape index (κ3) is 5.54. The summed E-state index contributed by atoms with van der Waals surface area (Å²) >= 11 is 9.38. The van der Waals surface area contributed by atoms with Crippen molar-refractivity contribution >= 4 is 39.2 Å². The van der Waals surface area contributed by atoms with Gasteiger partial charge in [0.05, 0.1) is 23.5 Å². The van der Waals surface area contributed by atoms with E-state index >= 15 is 0 Å². The van der Waals surface area contributed by atoms with E-state index in [1.165, 1.54) is 0 Å². The lowest BCUT2D eigenvalue weighted by atomic mass is 10.3. The van der Waals surface area contributed by atoms with Crippen LogP contribution >= 0.6 is 27.5 Å². The number of hydrogen-bond acceptors (Lipinski definition) is 3. The van der Waals surface area contributed by atoms with Gasteiger partial charge in [-0.25, -0.2) is 4.79 Å². The molecule has 1 aromatic heterocycles. The first-order valence-corrected chi connectivity index (χ1v) is 7.85. The number of carbonyl (C=O) groups is 1. The van der Waals surface area contributed by atoms with Gasteiger partial charge in [0.2, 0.25) is 0 Å². The molecule has 1 aromatic carbocycles. The number of amides is 2. The van der Waals surface area contributed by atoms with Crippen molar-refractivity contribution < 1.29 is 9.53 Å². The van der Waals surface area contributed by atoms with Crippen LogP contribution in [0.5, 0.6) is 5.75 Å². The fourth-order valence-electron chi connectivity index (χ4n) is 1.66. The lowest BCUT2D eigenvalue weighted by molar-refractivity contribution is 0.250. The molecule has 0 aliphatic heterocycles. The molecule has 0 saturated carbocycles. The van der Waals surface area contributed by atoms with E-state index in [2.05, 4.69) is 31.5 Å². The number of nitrogens with zero attached hydrogens (tertiary/aromatic N) is 1. The van der Waals surface area contributed by atoms with Crippen molar-refractivity contribution in [1.29, 1.82) is 0 Å². The third-order valence-electron chi connectivity index (χ3n) is 2.68. The van der Waals surface area contributed by atoms with E-state index in [0.29, 0.717) is 36.0 Å². The number of rotatable bonds is 6. The molecule has 0 saturated heterocycles. The maximum absolute atomic E-state index is 11.6. The normalized spacial score (nSPS) is 10.1. The predicted octanol–water partition coefficient (Wildman–Crippen LogP) is 4.09. The Bertz CT molecular complexity index is 625. The van der Waals surface area contributed by atoms with E-state index in [0.717, 1.165) is 4.47 Å². The van der Waals surface area contributed by atoms with Crippen molar-refractivity contribution in [2.75, 3.05) is 18.5 Å². The molecule has 0 spiro atoms. The molecule has 2 N–H and O–H groups in total. The zero-order valence-electron chi connectivity index (χ0n) is 11.7. The average molecular weight is 385 g/mol. The SMILES string of the molecule is O=C(NCCCOc1ccc(Br)cc1Cl)Nc1cccnc1. The molecule has 0 atom stereocenters. The Labute approximate surface area is 142 Å². The Morgan fingerprint density at radius 2 is 2.23 bits per heavy atom. The van der Waals surface area contributed by atoms with Gasteiger partial charge in [0, 0.05) is 17.2 Å². The zero-order valence-corrected chi connectivity index (χ0v) is 14.0. The minimum Gasteiger partial charge on any atom is -0.492 e. The molecule has 0 unspecified atom stereocenters. The Morgan fingerprint density at radius 3 is 2.95 bits per heavy atom. The first-order chi connectivity index (χ1) is 10.6. The van der Waals surface area contributed by atoms with E-state index < -0.39 is 0 Å². The minimum absolute atomic E-state index is 0.269. The number of urea groups is 1. The quantitative estimate of drug-likeness (QED) is 0.737. The van der Waals surface area contributed by atoms with Crippen molar-refractivity contribution in [2.24, 2.45) is 0 Å².